The number of Topliss-reactive ketones (excluding diaryl/α,β-unsaturated/α-hetero) is 1. The van der Waals surface area contributed by atoms with Crippen LogP contribution in [-0.2, 0) is 41.3 Å². The molecule has 1 aliphatic rings. The van der Waals surface area contributed by atoms with Crippen LogP contribution in [0.4, 0.5) is 16.2 Å². The molecule has 3 atom stereocenters. The fourth-order valence-electron chi connectivity index (χ4n) is 6.41. The number of urea groups is 1. The molecule has 1 fully saturated rings. The molecule has 0 bridgehead atoms. The Bertz CT molecular complexity index is 1960. The van der Waals surface area contributed by atoms with Crippen molar-refractivity contribution in [2.75, 3.05) is 17.2 Å². The first-order chi connectivity index (χ1) is 26.7. The average molecular weight is 803 g/mol. The van der Waals surface area contributed by atoms with E-state index in [9.17, 15) is 24.0 Å². The SMILES string of the molecule is CCOC1C(=O)N(C(C(=O)Nc2cc(NC(=O)C(CC)Oc3ccc(C(C)(C)CC)cc3C(C)(C)CC)ccc2Cl)C(=O)C(C)(C)C)C(=O)N1Cc1ccccc1. The maximum atomic E-state index is 14.2. The summed E-state index contributed by atoms with van der Waals surface area (Å²) in [6.45, 7) is 21.5. The second kappa shape index (κ2) is 18.2. The van der Waals surface area contributed by atoms with E-state index in [0.29, 0.717) is 22.8 Å². The number of amides is 5. The molecule has 4 rings (SSSR count). The van der Waals surface area contributed by atoms with Crippen LogP contribution in [0.1, 0.15) is 112 Å². The van der Waals surface area contributed by atoms with Crippen molar-refractivity contribution in [3.8, 4) is 5.75 Å². The molecule has 11 nitrogen and oxygen atoms in total. The Morgan fingerprint density at radius 2 is 1.46 bits per heavy atom. The summed E-state index contributed by atoms with van der Waals surface area (Å²) in [5, 5.41) is 5.65. The highest BCUT2D eigenvalue weighted by Gasteiger charge is 2.54. The number of carbonyl (C=O) groups excluding carboxylic acids is 5. The summed E-state index contributed by atoms with van der Waals surface area (Å²) in [4.78, 5) is 71.7. The van der Waals surface area contributed by atoms with E-state index in [1.54, 1.807) is 58.0 Å². The third-order valence-corrected chi connectivity index (χ3v) is 11.2. The molecule has 57 heavy (non-hydrogen) atoms. The highest BCUT2D eigenvalue weighted by Crippen LogP contribution is 2.39. The number of ether oxygens (including phenoxy) is 2. The van der Waals surface area contributed by atoms with Gasteiger partial charge in [-0.1, -0.05) is 123 Å². The molecule has 0 aliphatic carbocycles. The number of ketones is 1. The number of benzene rings is 3. The van der Waals surface area contributed by atoms with Crippen molar-refractivity contribution in [2.24, 2.45) is 5.41 Å². The van der Waals surface area contributed by atoms with E-state index in [-0.39, 0.29) is 34.7 Å². The summed E-state index contributed by atoms with van der Waals surface area (Å²) in [6, 6.07) is 17.1. The minimum absolute atomic E-state index is 0.0146. The second-order valence-electron chi connectivity index (χ2n) is 16.8. The monoisotopic (exact) mass is 802 g/mol. The molecule has 3 unspecified atom stereocenters. The molecule has 12 heteroatoms. The molecule has 2 N–H and O–H groups in total. The molecule has 0 aromatic heterocycles. The van der Waals surface area contributed by atoms with E-state index in [2.05, 4.69) is 64.3 Å². The summed E-state index contributed by atoms with van der Waals surface area (Å²) in [7, 11) is 0. The molecule has 0 saturated carbocycles. The van der Waals surface area contributed by atoms with E-state index >= 15 is 0 Å². The van der Waals surface area contributed by atoms with Crippen LogP contribution in [0, 0.1) is 5.41 Å². The van der Waals surface area contributed by atoms with Crippen LogP contribution in [0.25, 0.3) is 0 Å². The summed E-state index contributed by atoms with van der Waals surface area (Å²) >= 11 is 6.56. The minimum Gasteiger partial charge on any atom is -0.480 e. The predicted octanol–water partition coefficient (Wildman–Crippen LogP) is 9.26. The molecular weight excluding hydrogens is 744 g/mol. The van der Waals surface area contributed by atoms with Crippen LogP contribution >= 0.6 is 11.6 Å². The number of hydrogen-bond donors (Lipinski definition) is 2. The van der Waals surface area contributed by atoms with E-state index in [4.69, 9.17) is 21.1 Å². The van der Waals surface area contributed by atoms with Gasteiger partial charge in [0.05, 0.1) is 17.3 Å². The molecule has 308 valence electrons. The van der Waals surface area contributed by atoms with Gasteiger partial charge in [0.25, 0.3) is 17.7 Å². The van der Waals surface area contributed by atoms with Crippen LogP contribution in [0.2, 0.25) is 5.02 Å². The van der Waals surface area contributed by atoms with E-state index in [1.807, 2.05) is 19.1 Å². The first-order valence-corrected chi connectivity index (χ1v) is 20.1. The van der Waals surface area contributed by atoms with E-state index in [1.165, 1.54) is 22.6 Å². The quantitative estimate of drug-likeness (QED) is 0.103. The van der Waals surface area contributed by atoms with E-state index in [0.717, 1.165) is 24.0 Å². The minimum atomic E-state index is -1.85. The van der Waals surface area contributed by atoms with Gasteiger partial charge in [0.1, 0.15) is 5.75 Å². The highest BCUT2D eigenvalue weighted by atomic mass is 35.5. The molecular formula is C45H59ClN4O7. The molecule has 0 spiro atoms. The number of imide groups is 1. The lowest BCUT2D eigenvalue weighted by Crippen LogP contribution is -2.55. The lowest BCUT2D eigenvalue weighted by molar-refractivity contribution is -0.149. The Morgan fingerprint density at radius 1 is 0.807 bits per heavy atom. The Labute approximate surface area is 342 Å². The number of rotatable bonds is 17. The second-order valence-corrected chi connectivity index (χ2v) is 17.2. The Kier molecular flexibility index (Phi) is 14.4. The maximum Gasteiger partial charge on any atom is 0.330 e. The molecule has 5 amide bonds. The van der Waals surface area contributed by atoms with Gasteiger partial charge in [0, 0.05) is 23.3 Å². The summed E-state index contributed by atoms with van der Waals surface area (Å²) in [5.41, 5.74) is 1.93. The number of anilines is 2. The molecule has 1 saturated heterocycles. The van der Waals surface area contributed by atoms with Gasteiger partial charge in [-0.05, 0) is 72.4 Å². The Balaban J connectivity index is 1.61. The van der Waals surface area contributed by atoms with Crippen LogP contribution in [0.3, 0.4) is 0 Å². The fraction of sp³-hybridized carbons (Fsp3) is 0.489. The third-order valence-electron chi connectivity index (χ3n) is 10.9. The van der Waals surface area contributed by atoms with Crippen LogP contribution < -0.4 is 15.4 Å². The Morgan fingerprint density at radius 3 is 2.04 bits per heavy atom. The molecule has 3 aromatic rings. The van der Waals surface area contributed by atoms with Crippen molar-refractivity contribution in [1.29, 1.82) is 0 Å². The van der Waals surface area contributed by atoms with Gasteiger partial charge in [-0.25, -0.2) is 9.69 Å². The number of nitrogens with one attached hydrogen (secondary N) is 2. The Hall–Kier alpha value is -4.74. The van der Waals surface area contributed by atoms with Gasteiger partial charge >= 0.3 is 6.03 Å². The summed E-state index contributed by atoms with van der Waals surface area (Å²) < 4.78 is 12.1. The van der Waals surface area contributed by atoms with Crippen molar-refractivity contribution in [3.63, 3.8) is 0 Å². The molecule has 0 radical (unpaired) electrons. The lowest BCUT2D eigenvalue weighted by atomic mass is 9.76. The van der Waals surface area contributed by atoms with Gasteiger partial charge in [0.2, 0.25) is 6.23 Å². The lowest BCUT2D eigenvalue weighted by Gasteiger charge is -2.31. The van der Waals surface area contributed by atoms with Gasteiger partial charge in [-0.15, -0.1) is 0 Å². The highest BCUT2D eigenvalue weighted by molar-refractivity contribution is 6.34. The zero-order valence-corrected chi connectivity index (χ0v) is 36.0. The topological polar surface area (TPSA) is 134 Å². The van der Waals surface area contributed by atoms with Crippen molar-refractivity contribution >= 4 is 52.5 Å². The number of nitrogens with zero attached hydrogens (tertiary/aromatic N) is 2. The fourth-order valence-corrected chi connectivity index (χ4v) is 6.58. The van der Waals surface area contributed by atoms with Gasteiger partial charge in [-0.3, -0.25) is 24.1 Å². The first kappa shape index (κ1) is 45.0. The van der Waals surface area contributed by atoms with Crippen LogP contribution in [0.15, 0.2) is 66.7 Å². The summed E-state index contributed by atoms with van der Waals surface area (Å²) in [5.74, 6) is -2.22. The smallest absolute Gasteiger partial charge is 0.330 e. The van der Waals surface area contributed by atoms with E-state index < -0.39 is 53.3 Å². The first-order valence-electron chi connectivity index (χ1n) is 19.8. The number of carbonyl (C=O) groups is 5. The molecule has 3 aromatic carbocycles. The third kappa shape index (κ3) is 10.2. The number of hydrogen-bond acceptors (Lipinski definition) is 7. The molecule has 1 aliphatic heterocycles. The largest absolute Gasteiger partial charge is 0.480 e. The van der Waals surface area contributed by atoms with Crippen LogP contribution in [0.5, 0.6) is 5.75 Å². The summed E-state index contributed by atoms with van der Waals surface area (Å²) in [6.07, 6.45) is 0.00530. The normalized spacial score (nSPS) is 16.0. The van der Waals surface area contributed by atoms with Crippen LogP contribution in [-0.4, -0.2) is 64.3 Å². The molecule has 1 heterocycles. The zero-order valence-electron chi connectivity index (χ0n) is 35.2. The van der Waals surface area contributed by atoms with Crippen molar-refractivity contribution in [2.45, 2.75) is 131 Å². The number of halogens is 1. The predicted molar refractivity (Wildman–Crippen MR) is 224 cm³/mol. The maximum absolute atomic E-state index is 14.2. The van der Waals surface area contributed by atoms with Gasteiger partial charge in [-0.2, -0.15) is 0 Å². The zero-order chi connectivity index (χ0) is 42.5. The standard InChI is InChI=1S/C45H59ClN4O7/c1-12-34(57-35-24-21-29(44(8,9)13-2)25-31(35)45(10,11)14-3)38(52)47-30-22-23-32(46)33(26-30)48-39(53)36(37(51)43(5,6)7)50-40(54)41(56-15-4)49(42(50)55)27-28-19-17-16-18-20-28/h16-26,34,36,41H,12-15,27H2,1-11H3,(H,47,52)(H,48,53). The average Bonchev–Trinajstić information content (AvgIpc) is 3.38. The van der Waals surface area contributed by atoms with Crippen molar-refractivity contribution < 1.29 is 33.4 Å². The van der Waals surface area contributed by atoms with Gasteiger partial charge in [0.15, 0.2) is 17.9 Å². The van der Waals surface area contributed by atoms with Gasteiger partial charge < -0.3 is 20.1 Å². The van der Waals surface area contributed by atoms with Crippen molar-refractivity contribution in [1.82, 2.24) is 9.80 Å². The van der Waals surface area contributed by atoms with Crippen molar-refractivity contribution in [3.05, 3.63) is 88.4 Å².